The van der Waals surface area contributed by atoms with Crippen LogP contribution in [0.15, 0.2) is 24.3 Å². The highest BCUT2D eigenvalue weighted by Gasteiger charge is 2.41. The van der Waals surface area contributed by atoms with Crippen molar-refractivity contribution in [1.82, 2.24) is 0 Å². The minimum absolute atomic E-state index is 0.0142. The molecule has 198 valence electrons. The lowest BCUT2D eigenvalue weighted by atomic mass is 9.97. The van der Waals surface area contributed by atoms with Crippen LogP contribution in [0.2, 0.25) is 36.3 Å². The molecule has 0 aliphatic carbocycles. The molecular formula is C29H50O4Si2. The van der Waals surface area contributed by atoms with Crippen LogP contribution >= 0.6 is 0 Å². The molecule has 0 radical (unpaired) electrons. The Kier molecular flexibility index (Phi) is 13.0. The molecule has 3 atom stereocenters. The molecule has 0 spiro atoms. The molecule has 0 saturated heterocycles. The third-order valence-corrected chi connectivity index (χ3v) is 17.1. The van der Waals surface area contributed by atoms with Gasteiger partial charge in [-0.2, -0.15) is 0 Å². The van der Waals surface area contributed by atoms with E-state index in [9.17, 15) is 4.79 Å². The van der Waals surface area contributed by atoms with E-state index in [4.69, 9.17) is 13.9 Å². The van der Waals surface area contributed by atoms with Crippen molar-refractivity contribution in [3.63, 3.8) is 0 Å². The first-order chi connectivity index (χ1) is 16.4. The SMILES string of the molecule is CC[Si](C#CC[C@H](C)C[C@H](OCc1ccc(OC)cc1)[C@@H](C=O)O[Si](C)(C)C(C)(C)C)(CC)CC. The van der Waals surface area contributed by atoms with E-state index in [-0.39, 0.29) is 11.1 Å². The van der Waals surface area contributed by atoms with E-state index in [1.165, 1.54) is 18.1 Å². The summed E-state index contributed by atoms with van der Waals surface area (Å²) < 4.78 is 18.2. The van der Waals surface area contributed by atoms with Gasteiger partial charge in [-0.25, -0.2) is 0 Å². The standard InChI is InChI=1S/C29H50O4Si2/c1-11-35(12-2,13-3)20-14-15-24(4)21-27(28(22-30)33-34(9,10)29(5,6)7)32-23-25-16-18-26(31-8)19-17-25/h16-19,22,24,27-28H,11-13,15,21,23H2,1-10H3/t24-,27-,28+/m0/s1. The van der Waals surface area contributed by atoms with Crippen molar-refractivity contribution in [2.45, 2.75) is 116 Å². The molecule has 4 nitrogen and oxygen atoms in total. The van der Waals surface area contributed by atoms with Crippen molar-refractivity contribution >= 4 is 22.7 Å². The third-order valence-electron chi connectivity index (χ3n) is 7.83. The fourth-order valence-corrected chi connectivity index (χ4v) is 7.59. The quantitative estimate of drug-likeness (QED) is 0.144. The Hall–Kier alpha value is -1.40. The van der Waals surface area contributed by atoms with Crippen molar-refractivity contribution in [2.75, 3.05) is 7.11 Å². The van der Waals surface area contributed by atoms with E-state index >= 15 is 0 Å². The normalized spacial score (nSPS) is 15.0. The van der Waals surface area contributed by atoms with Gasteiger partial charge in [-0.05, 0) is 66.3 Å². The Bertz CT molecular complexity index is 806. The van der Waals surface area contributed by atoms with Crippen LogP contribution < -0.4 is 4.74 Å². The van der Waals surface area contributed by atoms with Gasteiger partial charge in [-0.15, -0.1) is 11.5 Å². The summed E-state index contributed by atoms with van der Waals surface area (Å²) >= 11 is 0. The van der Waals surface area contributed by atoms with Crippen LogP contribution in [0.4, 0.5) is 0 Å². The molecule has 0 amide bonds. The topological polar surface area (TPSA) is 44.8 Å². The number of rotatable bonds is 14. The number of methoxy groups -OCH3 is 1. The first kappa shape index (κ1) is 31.6. The number of hydrogen-bond acceptors (Lipinski definition) is 4. The minimum Gasteiger partial charge on any atom is -0.497 e. The van der Waals surface area contributed by atoms with Gasteiger partial charge in [0.25, 0.3) is 0 Å². The second-order valence-corrected chi connectivity index (χ2v) is 21.1. The monoisotopic (exact) mass is 518 g/mol. The Morgan fingerprint density at radius 1 is 1.03 bits per heavy atom. The van der Waals surface area contributed by atoms with Gasteiger partial charge >= 0.3 is 0 Å². The molecule has 1 rings (SSSR count). The first-order valence-electron chi connectivity index (χ1n) is 13.2. The maximum absolute atomic E-state index is 12.3. The molecule has 0 unspecified atom stereocenters. The number of benzene rings is 1. The van der Waals surface area contributed by atoms with Gasteiger partial charge in [-0.1, -0.05) is 60.6 Å². The summed E-state index contributed by atoms with van der Waals surface area (Å²) in [6.45, 7) is 20.4. The van der Waals surface area contributed by atoms with Gasteiger partial charge < -0.3 is 18.7 Å². The fourth-order valence-electron chi connectivity index (χ4n) is 3.84. The summed E-state index contributed by atoms with van der Waals surface area (Å²) in [7, 11) is -1.93. The van der Waals surface area contributed by atoms with Gasteiger partial charge in [0.2, 0.25) is 0 Å². The molecule has 0 N–H and O–H groups in total. The molecule has 1 aromatic rings. The fraction of sp³-hybridized carbons (Fsp3) is 0.690. The van der Waals surface area contributed by atoms with E-state index in [0.29, 0.717) is 12.5 Å². The molecule has 0 heterocycles. The molecule has 0 fully saturated rings. The van der Waals surface area contributed by atoms with Crippen LogP contribution in [0.25, 0.3) is 0 Å². The van der Waals surface area contributed by atoms with Crippen molar-refractivity contribution < 1.29 is 18.7 Å². The lowest BCUT2D eigenvalue weighted by Crippen LogP contribution is -2.48. The van der Waals surface area contributed by atoms with Crippen molar-refractivity contribution in [3.8, 4) is 17.2 Å². The summed E-state index contributed by atoms with van der Waals surface area (Å²) in [6.07, 6.45) is 1.61. The molecule has 0 aromatic heterocycles. The Balaban J connectivity index is 3.04. The number of carbonyl (C=O) groups is 1. The Morgan fingerprint density at radius 2 is 1.60 bits per heavy atom. The largest absolute Gasteiger partial charge is 0.497 e. The molecule has 0 saturated carbocycles. The molecule has 6 heteroatoms. The van der Waals surface area contributed by atoms with Crippen LogP contribution in [-0.2, 0) is 20.6 Å². The smallest absolute Gasteiger partial charge is 0.193 e. The molecule has 0 aliphatic heterocycles. The molecule has 0 bridgehead atoms. The highest BCUT2D eigenvalue weighted by Crippen LogP contribution is 2.38. The summed E-state index contributed by atoms with van der Waals surface area (Å²) in [6, 6.07) is 11.5. The molecular weight excluding hydrogens is 468 g/mol. The lowest BCUT2D eigenvalue weighted by molar-refractivity contribution is -0.124. The summed E-state index contributed by atoms with van der Waals surface area (Å²) in [5.41, 5.74) is 4.74. The van der Waals surface area contributed by atoms with Crippen LogP contribution in [0.3, 0.4) is 0 Å². The molecule has 0 aliphatic rings. The van der Waals surface area contributed by atoms with E-state index in [2.05, 4.69) is 73.0 Å². The number of aldehydes is 1. The van der Waals surface area contributed by atoms with Crippen LogP contribution in [0, 0.1) is 17.4 Å². The number of ether oxygens (including phenoxy) is 2. The second-order valence-electron chi connectivity index (χ2n) is 11.4. The van der Waals surface area contributed by atoms with Crippen molar-refractivity contribution in [1.29, 1.82) is 0 Å². The molecule has 1 aromatic carbocycles. The first-order valence-corrected chi connectivity index (χ1v) is 18.8. The summed E-state index contributed by atoms with van der Waals surface area (Å²) in [5, 5.41) is 0.0142. The van der Waals surface area contributed by atoms with Crippen LogP contribution in [0.5, 0.6) is 5.75 Å². The predicted molar refractivity (Wildman–Crippen MR) is 153 cm³/mol. The lowest BCUT2D eigenvalue weighted by Gasteiger charge is -2.40. The van der Waals surface area contributed by atoms with Gasteiger partial charge in [0.15, 0.2) is 8.32 Å². The zero-order chi connectivity index (χ0) is 26.7. The van der Waals surface area contributed by atoms with Gasteiger partial charge in [0, 0.05) is 6.42 Å². The highest BCUT2D eigenvalue weighted by molar-refractivity contribution is 6.87. The predicted octanol–water partition coefficient (Wildman–Crippen LogP) is 7.64. The molecule has 35 heavy (non-hydrogen) atoms. The summed E-state index contributed by atoms with van der Waals surface area (Å²) in [5.74, 6) is 4.65. The Morgan fingerprint density at radius 3 is 2.06 bits per heavy atom. The summed E-state index contributed by atoms with van der Waals surface area (Å²) in [4.78, 5) is 12.3. The van der Waals surface area contributed by atoms with Gasteiger partial charge in [-0.3, -0.25) is 0 Å². The van der Waals surface area contributed by atoms with Crippen molar-refractivity contribution in [3.05, 3.63) is 29.8 Å². The second kappa shape index (κ2) is 14.4. The van der Waals surface area contributed by atoms with E-state index in [1.807, 2.05) is 24.3 Å². The zero-order valence-corrected chi connectivity index (χ0v) is 26.0. The third kappa shape index (κ3) is 9.88. The van der Waals surface area contributed by atoms with Crippen molar-refractivity contribution in [2.24, 2.45) is 5.92 Å². The van der Waals surface area contributed by atoms with Crippen LogP contribution in [-0.4, -0.2) is 42.0 Å². The van der Waals surface area contributed by atoms with E-state index < -0.39 is 22.5 Å². The Labute approximate surface area is 217 Å². The average Bonchev–Trinajstić information content (AvgIpc) is 2.83. The average molecular weight is 519 g/mol. The van der Waals surface area contributed by atoms with E-state index in [0.717, 1.165) is 30.4 Å². The van der Waals surface area contributed by atoms with Gasteiger partial charge in [0.1, 0.15) is 26.2 Å². The minimum atomic E-state index is -2.14. The van der Waals surface area contributed by atoms with Gasteiger partial charge in [0.05, 0.1) is 19.8 Å². The number of hydrogen-bond donors (Lipinski definition) is 0. The van der Waals surface area contributed by atoms with Crippen LogP contribution in [0.1, 0.15) is 66.9 Å². The highest BCUT2D eigenvalue weighted by atomic mass is 28.4. The maximum atomic E-state index is 12.3. The van der Waals surface area contributed by atoms with E-state index in [1.54, 1.807) is 7.11 Å². The maximum Gasteiger partial charge on any atom is 0.193 e. The zero-order valence-electron chi connectivity index (χ0n) is 24.0. The number of carbonyl (C=O) groups excluding carboxylic acids is 1.